The maximum atomic E-state index is 12.4. The van der Waals surface area contributed by atoms with Crippen LogP contribution in [0.15, 0.2) is 24.3 Å². The van der Waals surface area contributed by atoms with Crippen molar-refractivity contribution in [3.63, 3.8) is 0 Å². The van der Waals surface area contributed by atoms with Crippen LogP contribution in [0.5, 0.6) is 0 Å². The Morgan fingerprint density at radius 3 is 2.95 bits per heavy atom. The molecule has 1 aromatic carbocycles. The number of benzene rings is 1. The van der Waals surface area contributed by atoms with Crippen molar-refractivity contribution < 1.29 is 4.79 Å². The molecular weight excluding hydrogens is 236 g/mol. The van der Waals surface area contributed by atoms with Crippen molar-refractivity contribution in [3.05, 3.63) is 35.4 Å². The third kappa shape index (κ3) is 2.98. The van der Waals surface area contributed by atoms with Crippen molar-refractivity contribution in [3.8, 4) is 0 Å². The molecule has 0 aliphatic heterocycles. The molecule has 0 saturated carbocycles. The number of carbonyl (C=O) groups is 1. The van der Waals surface area contributed by atoms with Crippen LogP contribution in [0, 0.1) is 5.92 Å². The maximum Gasteiger partial charge on any atom is 0.225 e. The van der Waals surface area contributed by atoms with E-state index in [1.54, 1.807) is 0 Å². The summed E-state index contributed by atoms with van der Waals surface area (Å²) in [5.41, 5.74) is 8.23. The van der Waals surface area contributed by atoms with E-state index in [0.717, 1.165) is 25.7 Å². The third-order valence-corrected chi connectivity index (χ3v) is 4.18. The molecule has 0 aromatic heterocycles. The average Bonchev–Trinajstić information content (AvgIpc) is 2.87. The SMILES string of the molecule is CC(CCCN)C(=O)N(C)C1CCc2ccccc21. The van der Waals surface area contributed by atoms with Gasteiger partial charge in [0.05, 0.1) is 6.04 Å². The quantitative estimate of drug-likeness (QED) is 0.884. The lowest BCUT2D eigenvalue weighted by Gasteiger charge is -2.28. The largest absolute Gasteiger partial charge is 0.338 e. The Hall–Kier alpha value is -1.35. The molecule has 0 spiro atoms. The molecule has 19 heavy (non-hydrogen) atoms. The Labute approximate surface area is 115 Å². The smallest absolute Gasteiger partial charge is 0.225 e. The standard InChI is InChI=1S/C16H24N2O/c1-12(6-5-11-17)16(19)18(2)15-10-9-13-7-3-4-8-14(13)15/h3-4,7-8,12,15H,5-6,9-11,17H2,1-2H3. The summed E-state index contributed by atoms with van der Waals surface area (Å²) in [6, 6.07) is 8.72. The van der Waals surface area contributed by atoms with Crippen LogP contribution < -0.4 is 5.73 Å². The number of hydrogen-bond acceptors (Lipinski definition) is 2. The summed E-state index contributed by atoms with van der Waals surface area (Å²) >= 11 is 0. The minimum Gasteiger partial charge on any atom is -0.338 e. The van der Waals surface area contributed by atoms with Crippen molar-refractivity contribution in [2.45, 2.75) is 38.6 Å². The Kier molecular flexibility index (Phi) is 4.59. The summed E-state index contributed by atoms with van der Waals surface area (Å²) in [5, 5.41) is 0. The number of aryl methyl sites for hydroxylation is 1. The van der Waals surface area contributed by atoms with Crippen molar-refractivity contribution >= 4 is 5.91 Å². The third-order valence-electron chi connectivity index (χ3n) is 4.18. The van der Waals surface area contributed by atoms with Crippen LogP contribution in [-0.4, -0.2) is 24.4 Å². The topological polar surface area (TPSA) is 46.3 Å². The number of carbonyl (C=O) groups excluding carboxylic acids is 1. The number of fused-ring (bicyclic) bond motifs is 1. The van der Waals surface area contributed by atoms with Crippen LogP contribution in [0.2, 0.25) is 0 Å². The Morgan fingerprint density at radius 1 is 1.47 bits per heavy atom. The zero-order valence-corrected chi connectivity index (χ0v) is 11.9. The van der Waals surface area contributed by atoms with E-state index >= 15 is 0 Å². The fourth-order valence-corrected chi connectivity index (χ4v) is 2.99. The van der Waals surface area contributed by atoms with Crippen LogP contribution in [-0.2, 0) is 11.2 Å². The summed E-state index contributed by atoms with van der Waals surface area (Å²) in [6.45, 7) is 2.67. The molecule has 3 heteroatoms. The van der Waals surface area contributed by atoms with Crippen molar-refractivity contribution in [1.29, 1.82) is 0 Å². The molecule has 0 fully saturated rings. The van der Waals surface area contributed by atoms with Gasteiger partial charge in [-0.3, -0.25) is 4.79 Å². The molecule has 0 bridgehead atoms. The van der Waals surface area contributed by atoms with E-state index in [1.807, 2.05) is 18.9 Å². The van der Waals surface area contributed by atoms with Gasteiger partial charge in [-0.1, -0.05) is 31.2 Å². The lowest BCUT2D eigenvalue weighted by molar-refractivity contribution is -0.136. The molecular formula is C16H24N2O. The molecule has 2 rings (SSSR count). The second-order valence-corrected chi connectivity index (χ2v) is 5.53. The molecule has 1 aliphatic carbocycles. The average molecular weight is 260 g/mol. The van der Waals surface area contributed by atoms with E-state index in [-0.39, 0.29) is 17.9 Å². The molecule has 0 heterocycles. The van der Waals surface area contributed by atoms with Gasteiger partial charge in [0.2, 0.25) is 5.91 Å². The van der Waals surface area contributed by atoms with E-state index in [4.69, 9.17) is 5.73 Å². The van der Waals surface area contributed by atoms with Gasteiger partial charge in [-0.25, -0.2) is 0 Å². The first-order valence-electron chi connectivity index (χ1n) is 7.19. The Balaban J connectivity index is 2.05. The highest BCUT2D eigenvalue weighted by atomic mass is 16.2. The predicted octanol–water partition coefficient (Wildman–Crippen LogP) is 2.51. The molecule has 104 valence electrons. The van der Waals surface area contributed by atoms with Gasteiger partial charge in [0.1, 0.15) is 0 Å². The molecule has 1 aromatic rings. The second kappa shape index (κ2) is 6.20. The van der Waals surface area contributed by atoms with E-state index in [0.29, 0.717) is 6.54 Å². The minimum absolute atomic E-state index is 0.0707. The van der Waals surface area contributed by atoms with Gasteiger partial charge in [0.15, 0.2) is 0 Å². The summed E-state index contributed by atoms with van der Waals surface area (Å²) in [5.74, 6) is 0.316. The van der Waals surface area contributed by atoms with Gasteiger partial charge in [0, 0.05) is 13.0 Å². The number of nitrogens with two attached hydrogens (primary N) is 1. The summed E-state index contributed by atoms with van der Waals surface area (Å²) in [7, 11) is 1.94. The van der Waals surface area contributed by atoms with Gasteiger partial charge in [-0.2, -0.15) is 0 Å². The summed E-state index contributed by atoms with van der Waals surface area (Å²) in [4.78, 5) is 14.4. The molecule has 0 radical (unpaired) electrons. The molecule has 3 nitrogen and oxygen atoms in total. The highest BCUT2D eigenvalue weighted by Crippen LogP contribution is 2.35. The molecule has 2 unspecified atom stereocenters. The fraction of sp³-hybridized carbons (Fsp3) is 0.562. The Bertz CT molecular complexity index is 444. The monoisotopic (exact) mass is 260 g/mol. The number of rotatable bonds is 5. The van der Waals surface area contributed by atoms with Crippen LogP contribution in [0.25, 0.3) is 0 Å². The number of hydrogen-bond donors (Lipinski definition) is 1. The number of amides is 1. The van der Waals surface area contributed by atoms with Crippen LogP contribution in [0.4, 0.5) is 0 Å². The van der Waals surface area contributed by atoms with Gasteiger partial charge in [-0.15, -0.1) is 0 Å². The van der Waals surface area contributed by atoms with Gasteiger partial charge < -0.3 is 10.6 Å². The van der Waals surface area contributed by atoms with Gasteiger partial charge in [-0.05, 0) is 43.4 Å². The van der Waals surface area contributed by atoms with Crippen LogP contribution in [0.3, 0.4) is 0 Å². The predicted molar refractivity (Wildman–Crippen MR) is 77.7 cm³/mol. The lowest BCUT2D eigenvalue weighted by atomic mass is 10.0. The van der Waals surface area contributed by atoms with Gasteiger partial charge in [0.25, 0.3) is 0 Å². The van der Waals surface area contributed by atoms with Crippen molar-refractivity contribution in [1.82, 2.24) is 4.90 Å². The van der Waals surface area contributed by atoms with Crippen molar-refractivity contribution in [2.75, 3.05) is 13.6 Å². The molecule has 1 amide bonds. The maximum absolute atomic E-state index is 12.4. The lowest BCUT2D eigenvalue weighted by Crippen LogP contribution is -2.34. The highest BCUT2D eigenvalue weighted by molar-refractivity contribution is 5.78. The molecule has 1 aliphatic rings. The fourth-order valence-electron chi connectivity index (χ4n) is 2.99. The Morgan fingerprint density at radius 2 is 2.21 bits per heavy atom. The van der Waals surface area contributed by atoms with Crippen LogP contribution >= 0.6 is 0 Å². The first kappa shape index (κ1) is 14.1. The van der Waals surface area contributed by atoms with E-state index in [9.17, 15) is 4.79 Å². The first-order valence-corrected chi connectivity index (χ1v) is 7.19. The molecule has 0 saturated heterocycles. The van der Waals surface area contributed by atoms with Gasteiger partial charge >= 0.3 is 0 Å². The van der Waals surface area contributed by atoms with E-state index < -0.39 is 0 Å². The highest BCUT2D eigenvalue weighted by Gasteiger charge is 2.29. The van der Waals surface area contributed by atoms with Crippen molar-refractivity contribution in [2.24, 2.45) is 11.7 Å². The van der Waals surface area contributed by atoms with E-state index in [2.05, 4.69) is 24.3 Å². The zero-order valence-electron chi connectivity index (χ0n) is 11.9. The molecule has 2 N–H and O–H groups in total. The summed E-state index contributed by atoms with van der Waals surface area (Å²) in [6.07, 6.45) is 3.93. The summed E-state index contributed by atoms with van der Waals surface area (Å²) < 4.78 is 0. The van der Waals surface area contributed by atoms with Crippen LogP contribution in [0.1, 0.15) is 43.4 Å². The molecule has 2 atom stereocenters. The normalized spacial score (nSPS) is 19.0. The zero-order chi connectivity index (χ0) is 13.8. The second-order valence-electron chi connectivity index (χ2n) is 5.53. The number of nitrogens with zero attached hydrogens (tertiary/aromatic N) is 1. The van der Waals surface area contributed by atoms with E-state index in [1.165, 1.54) is 11.1 Å². The minimum atomic E-state index is 0.0707. The first-order chi connectivity index (χ1) is 9.15.